The number of nitrogens with two attached hydrogens (primary N) is 2. The second-order valence-corrected chi connectivity index (χ2v) is 5.15. The van der Waals surface area contributed by atoms with Crippen LogP contribution in [0.1, 0.15) is 0 Å². The standard InChI is InChI=1S/C11H10ClFN6OS/c12-6-3-5(1-2-7(6)13)16-8(20)4-21-11-18-9(14)17-10(15)19-11/h1-3H,4H2,(H,16,20)(H4,14,15,17,18,19). The summed E-state index contributed by atoms with van der Waals surface area (Å²) in [5, 5.41) is 2.74. The van der Waals surface area contributed by atoms with Crippen LogP contribution < -0.4 is 16.8 Å². The Morgan fingerprint density at radius 2 is 1.95 bits per heavy atom. The van der Waals surface area contributed by atoms with E-state index < -0.39 is 5.82 Å². The molecule has 2 aromatic rings. The fraction of sp³-hybridized carbons (Fsp3) is 0.0909. The molecule has 110 valence electrons. The van der Waals surface area contributed by atoms with Crippen LogP contribution in [-0.2, 0) is 4.79 Å². The predicted octanol–water partition coefficient (Wildman–Crippen LogP) is 1.56. The molecule has 5 N–H and O–H groups in total. The Morgan fingerprint density at radius 1 is 1.29 bits per heavy atom. The lowest BCUT2D eigenvalue weighted by molar-refractivity contribution is -0.113. The number of nitrogens with one attached hydrogen (secondary N) is 1. The van der Waals surface area contributed by atoms with Crippen molar-refractivity contribution < 1.29 is 9.18 Å². The maximum Gasteiger partial charge on any atom is 0.234 e. The highest BCUT2D eigenvalue weighted by atomic mass is 35.5. The summed E-state index contributed by atoms with van der Waals surface area (Å²) in [4.78, 5) is 23.0. The molecule has 0 saturated carbocycles. The third-order valence-corrected chi connectivity index (χ3v) is 3.32. The number of hydrogen-bond donors (Lipinski definition) is 3. The van der Waals surface area contributed by atoms with Crippen molar-refractivity contribution in [2.45, 2.75) is 5.16 Å². The van der Waals surface area contributed by atoms with Gasteiger partial charge in [0.1, 0.15) is 5.82 Å². The van der Waals surface area contributed by atoms with Gasteiger partial charge in [0.15, 0.2) is 5.16 Å². The molecule has 1 aromatic carbocycles. The summed E-state index contributed by atoms with van der Waals surface area (Å²) in [5.41, 5.74) is 11.2. The number of thioether (sulfide) groups is 1. The summed E-state index contributed by atoms with van der Waals surface area (Å²) >= 11 is 6.66. The number of hydrogen-bond acceptors (Lipinski definition) is 7. The highest BCUT2D eigenvalue weighted by Gasteiger charge is 2.08. The van der Waals surface area contributed by atoms with Crippen molar-refractivity contribution in [2.75, 3.05) is 22.5 Å². The van der Waals surface area contributed by atoms with Crippen LogP contribution in [0.25, 0.3) is 0 Å². The third-order valence-electron chi connectivity index (χ3n) is 2.19. The molecule has 1 amide bonds. The number of nitrogen functional groups attached to an aromatic ring is 2. The van der Waals surface area contributed by atoms with Crippen molar-refractivity contribution in [1.29, 1.82) is 0 Å². The molecule has 0 radical (unpaired) electrons. The SMILES string of the molecule is Nc1nc(N)nc(SCC(=O)Nc2ccc(F)c(Cl)c2)n1. The molecule has 1 aromatic heterocycles. The lowest BCUT2D eigenvalue weighted by Crippen LogP contribution is -2.14. The molecule has 2 rings (SSSR count). The van der Waals surface area contributed by atoms with E-state index in [1.165, 1.54) is 18.2 Å². The van der Waals surface area contributed by atoms with Crippen LogP contribution in [0.4, 0.5) is 22.0 Å². The molecule has 0 aliphatic heterocycles. The van der Waals surface area contributed by atoms with E-state index in [1.54, 1.807) is 0 Å². The lowest BCUT2D eigenvalue weighted by Gasteiger charge is -2.05. The summed E-state index contributed by atoms with van der Waals surface area (Å²) in [6.45, 7) is 0. The van der Waals surface area contributed by atoms with Crippen LogP contribution in [0, 0.1) is 5.82 Å². The van der Waals surface area contributed by atoms with Crippen molar-refractivity contribution in [3.8, 4) is 0 Å². The van der Waals surface area contributed by atoms with Gasteiger partial charge in [-0.1, -0.05) is 23.4 Å². The number of nitrogens with zero attached hydrogens (tertiary/aromatic N) is 3. The van der Waals surface area contributed by atoms with Crippen LogP contribution in [-0.4, -0.2) is 26.6 Å². The summed E-state index contributed by atoms with van der Waals surface area (Å²) < 4.78 is 13.0. The van der Waals surface area contributed by atoms with Crippen molar-refractivity contribution in [1.82, 2.24) is 15.0 Å². The Hall–Kier alpha value is -2.13. The second kappa shape index (κ2) is 6.55. The average Bonchev–Trinajstić information content (AvgIpc) is 2.40. The van der Waals surface area contributed by atoms with Gasteiger partial charge < -0.3 is 16.8 Å². The van der Waals surface area contributed by atoms with E-state index in [0.717, 1.165) is 11.8 Å². The van der Waals surface area contributed by atoms with Gasteiger partial charge in [-0.2, -0.15) is 15.0 Å². The fourth-order valence-electron chi connectivity index (χ4n) is 1.35. The van der Waals surface area contributed by atoms with Crippen LogP contribution in [0.5, 0.6) is 0 Å². The molecule has 1 heterocycles. The van der Waals surface area contributed by atoms with E-state index >= 15 is 0 Å². The molecule has 0 aliphatic carbocycles. The van der Waals surface area contributed by atoms with Crippen molar-refractivity contribution >= 4 is 46.9 Å². The Balaban J connectivity index is 1.94. The van der Waals surface area contributed by atoms with Gasteiger partial charge >= 0.3 is 0 Å². The van der Waals surface area contributed by atoms with Gasteiger partial charge in [-0.05, 0) is 18.2 Å². The van der Waals surface area contributed by atoms with E-state index in [1.807, 2.05) is 0 Å². The van der Waals surface area contributed by atoms with Gasteiger partial charge in [0.05, 0.1) is 10.8 Å². The Bertz CT molecular complexity index is 666. The zero-order valence-corrected chi connectivity index (χ0v) is 12.1. The van der Waals surface area contributed by atoms with Gasteiger partial charge in [-0.3, -0.25) is 4.79 Å². The number of amides is 1. The topological polar surface area (TPSA) is 120 Å². The number of anilines is 3. The molecular formula is C11H10ClFN6OS. The average molecular weight is 329 g/mol. The minimum absolute atomic E-state index is 0.0178. The van der Waals surface area contributed by atoms with E-state index in [9.17, 15) is 9.18 Å². The normalized spacial score (nSPS) is 10.4. The smallest absolute Gasteiger partial charge is 0.234 e. The maximum absolute atomic E-state index is 13.0. The van der Waals surface area contributed by atoms with Crippen molar-refractivity contribution in [2.24, 2.45) is 0 Å². The summed E-state index contributed by atoms with van der Waals surface area (Å²) in [6, 6.07) is 3.89. The molecule has 0 atom stereocenters. The van der Waals surface area contributed by atoms with Gasteiger partial charge in [-0.25, -0.2) is 4.39 Å². The molecule has 10 heteroatoms. The predicted molar refractivity (Wildman–Crippen MR) is 79.4 cm³/mol. The molecule has 0 aliphatic rings. The van der Waals surface area contributed by atoms with Gasteiger partial charge in [0.2, 0.25) is 17.8 Å². The van der Waals surface area contributed by atoms with Crippen LogP contribution in [0.2, 0.25) is 5.02 Å². The Morgan fingerprint density at radius 3 is 2.57 bits per heavy atom. The Labute approximate surface area is 128 Å². The van der Waals surface area contributed by atoms with E-state index in [-0.39, 0.29) is 33.7 Å². The van der Waals surface area contributed by atoms with Crippen molar-refractivity contribution in [3.63, 3.8) is 0 Å². The second-order valence-electron chi connectivity index (χ2n) is 3.80. The molecule has 0 saturated heterocycles. The lowest BCUT2D eigenvalue weighted by atomic mass is 10.3. The quantitative estimate of drug-likeness (QED) is 0.728. The largest absolute Gasteiger partial charge is 0.368 e. The maximum atomic E-state index is 13.0. The minimum Gasteiger partial charge on any atom is -0.368 e. The highest BCUT2D eigenvalue weighted by molar-refractivity contribution is 7.99. The number of halogens is 2. The number of carbonyl (C=O) groups is 1. The van der Waals surface area contributed by atoms with Crippen LogP contribution >= 0.6 is 23.4 Å². The molecule has 0 spiro atoms. The first kappa shape index (κ1) is 15.3. The first-order valence-electron chi connectivity index (χ1n) is 5.59. The first-order valence-corrected chi connectivity index (χ1v) is 6.95. The summed E-state index contributed by atoms with van der Waals surface area (Å²) in [7, 11) is 0. The molecule has 0 unspecified atom stereocenters. The van der Waals surface area contributed by atoms with Crippen LogP contribution in [0.15, 0.2) is 23.4 Å². The zero-order valence-electron chi connectivity index (χ0n) is 10.5. The number of rotatable bonds is 4. The Kier molecular flexibility index (Phi) is 4.76. The van der Waals surface area contributed by atoms with Gasteiger partial charge in [-0.15, -0.1) is 0 Å². The minimum atomic E-state index is -0.555. The summed E-state index contributed by atoms with van der Waals surface area (Å²) in [6.07, 6.45) is 0. The number of aromatic nitrogens is 3. The molecule has 0 bridgehead atoms. The van der Waals surface area contributed by atoms with Gasteiger partial charge in [0.25, 0.3) is 0 Å². The highest BCUT2D eigenvalue weighted by Crippen LogP contribution is 2.20. The van der Waals surface area contributed by atoms with Crippen molar-refractivity contribution in [3.05, 3.63) is 29.0 Å². The fourth-order valence-corrected chi connectivity index (χ4v) is 2.18. The van der Waals surface area contributed by atoms with Gasteiger partial charge in [0, 0.05) is 5.69 Å². The third kappa shape index (κ3) is 4.43. The zero-order chi connectivity index (χ0) is 15.4. The van der Waals surface area contributed by atoms with E-state index in [2.05, 4.69) is 20.3 Å². The molecule has 21 heavy (non-hydrogen) atoms. The van der Waals surface area contributed by atoms with E-state index in [0.29, 0.717) is 5.69 Å². The monoisotopic (exact) mass is 328 g/mol. The molecule has 0 fully saturated rings. The number of carbonyl (C=O) groups excluding carboxylic acids is 1. The molecular weight excluding hydrogens is 319 g/mol. The first-order chi connectivity index (χ1) is 9.94. The summed E-state index contributed by atoms with van der Waals surface area (Å²) in [5.74, 6) is -0.899. The number of benzene rings is 1. The van der Waals surface area contributed by atoms with E-state index in [4.69, 9.17) is 23.1 Å². The molecule has 7 nitrogen and oxygen atoms in total. The van der Waals surface area contributed by atoms with Crippen LogP contribution in [0.3, 0.4) is 0 Å².